The van der Waals surface area contributed by atoms with E-state index in [1.807, 2.05) is 10.9 Å². The highest BCUT2D eigenvalue weighted by Gasteiger charge is 2.10. The number of hydrogen-bond donors (Lipinski definition) is 1. The number of hydrogen-bond acceptors (Lipinski definition) is 2. The Labute approximate surface area is 109 Å². The molecule has 0 saturated carbocycles. The summed E-state index contributed by atoms with van der Waals surface area (Å²) in [4.78, 5) is 0. The monoisotopic (exact) mass is 243 g/mol. The van der Waals surface area contributed by atoms with Gasteiger partial charge >= 0.3 is 0 Å². The second-order valence-corrected chi connectivity index (χ2v) is 4.77. The normalized spacial score (nSPS) is 10.9. The maximum Gasteiger partial charge on any atom is 0.0654 e. The molecule has 0 spiro atoms. The van der Waals surface area contributed by atoms with Gasteiger partial charge in [0.05, 0.1) is 11.9 Å². The van der Waals surface area contributed by atoms with Crippen molar-refractivity contribution >= 4 is 0 Å². The lowest BCUT2D eigenvalue weighted by Crippen LogP contribution is -2.07. The first-order chi connectivity index (χ1) is 8.65. The van der Waals surface area contributed by atoms with Crippen LogP contribution in [0.4, 0.5) is 0 Å². The van der Waals surface area contributed by atoms with Crippen LogP contribution in [0.3, 0.4) is 0 Å². The quantitative estimate of drug-likeness (QED) is 0.897. The van der Waals surface area contributed by atoms with E-state index in [9.17, 15) is 0 Å². The minimum Gasteiger partial charge on any atom is -0.330 e. The molecule has 2 aromatic rings. The van der Waals surface area contributed by atoms with Crippen molar-refractivity contribution in [2.75, 3.05) is 6.54 Å². The van der Waals surface area contributed by atoms with E-state index in [0.29, 0.717) is 6.54 Å². The van der Waals surface area contributed by atoms with E-state index in [-0.39, 0.29) is 0 Å². The van der Waals surface area contributed by atoms with Crippen LogP contribution < -0.4 is 5.73 Å². The van der Waals surface area contributed by atoms with Crippen LogP contribution in [0.25, 0.3) is 5.69 Å². The maximum absolute atomic E-state index is 5.64. The largest absolute Gasteiger partial charge is 0.330 e. The molecule has 0 aliphatic heterocycles. The summed E-state index contributed by atoms with van der Waals surface area (Å²) < 4.78 is 2.05. The molecular weight excluding hydrogens is 222 g/mol. The van der Waals surface area contributed by atoms with Crippen LogP contribution in [0.1, 0.15) is 29.3 Å². The Kier molecular flexibility index (Phi) is 3.82. The van der Waals surface area contributed by atoms with Crippen molar-refractivity contribution in [2.24, 2.45) is 5.73 Å². The number of nitrogens with two attached hydrogens (primary N) is 1. The molecule has 3 nitrogen and oxygen atoms in total. The van der Waals surface area contributed by atoms with Gasteiger partial charge in [0.1, 0.15) is 0 Å². The number of rotatable bonds is 4. The molecule has 2 rings (SSSR count). The van der Waals surface area contributed by atoms with Gasteiger partial charge in [0.2, 0.25) is 0 Å². The van der Waals surface area contributed by atoms with Crippen molar-refractivity contribution in [1.29, 1.82) is 0 Å². The van der Waals surface area contributed by atoms with E-state index in [2.05, 4.69) is 44.1 Å². The lowest BCUT2D eigenvalue weighted by molar-refractivity contribution is 0.804. The van der Waals surface area contributed by atoms with E-state index in [0.717, 1.165) is 18.5 Å². The average Bonchev–Trinajstić information content (AvgIpc) is 2.71. The van der Waals surface area contributed by atoms with Crippen molar-refractivity contribution < 1.29 is 0 Å². The Morgan fingerprint density at radius 2 is 1.83 bits per heavy atom. The maximum atomic E-state index is 5.64. The molecule has 3 heteroatoms. The van der Waals surface area contributed by atoms with Gasteiger partial charge in [0, 0.05) is 5.69 Å². The van der Waals surface area contributed by atoms with Gasteiger partial charge in [-0.05, 0) is 62.1 Å². The smallest absolute Gasteiger partial charge is 0.0654 e. The van der Waals surface area contributed by atoms with Gasteiger partial charge in [-0.1, -0.05) is 13.0 Å². The third-order valence-corrected chi connectivity index (χ3v) is 3.15. The predicted octanol–water partition coefficient (Wildman–Crippen LogP) is 2.55. The highest BCUT2D eigenvalue weighted by molar-refractivity contribution is 5.41. The van der Waals surface area contributed by atoms with Gasteiger partial charge in [0.25, 0.3) is 0 Å². The molecule has 96 valence electrons. The van der Waals surface area contributed by atoms with Crippen LogP contribution in [0.15, 0.2) is 24.4 Å². The highest BCUT2D eigenvalue weighted by atomic mass is 15.3. The summed E-state index contributed by atoms with van der Waals surface area (Å²) in [7, 11) is 0. The lowest BCUT2D eigenvalue weighted by atomic mass is 10.1. The number of aryl methyl sites for hydroxylation is 2. The summed E-state index contributed by atoms with van der Waals surface area (Å²) >= 11 is 0. The third-order valence-electron chi connectivity index (χ3n) is 3.15. The summed E-state index contributed by atoms with van der Waals surface area (Å²) in [6.07, 6.45) is 3.82. The van der Waals surface area contributed by atoms with Crippen molar-refractivity contribution in [3.8, 4) is 5.69 Å². The fraction of sp³-hybridized carbons (Fsp3) is 0.400. The topological polar surface area (TPSA) is 43.8 Å². The Hall–Kier alpha value is -1.61. The molecule has 2 N–H and O–H groups in total. The van der Waals surface area contributed by atoms with Crippen molar-refractivity contribution in [1.82, 2.24) is 9.78 Å². The van der Waals surface area contributed by atoms with Gasteiger partial charge in [-0.25, -0.2) is 4.68 Å². The molecule has 0 bridgehead atoms. The number of aromatic nitrogens is 2. The summed E-state index contributed by atoms with van der Waals surface area (Å²) in [5.41, 5.74) is 11.9. The molecule has 18 heavy (non-hydrogen) atoms. The van der Waals surface area contributed by atoms with Crippen LogP contribution >= 0.6 is 0 Å². The summed E-state index contributed by atoms with van der Waals surface area (Å²) in [5, 5.41) is 4.52. The van der Waals surface area contributed by atoms with Gasteiger partial charge in [-0.3, -0.25) is 0 Å². The standard InChI is InChI=1S/C15H21N3/c1-4-15-13(5-6-16)10-17-18(15)14-8-11(2)7-12(3)9-14/h7-10H,4-6,16H2,1-3H3. The first-order valence-electron chi connectivity index (χ1n) is 6.50. The molecular formula is C15H21N3. The van der Waals surface area contributed by atoms with E-state index in [1.165, 1.54) is 22.4 Å². The Morgan fingerprint density at radius 3 is 2.39 bits per heavy atom. The Morgan fingerprint density at radius 1 is 1.17 bits per heavy atom. The first kappa shape index (κ1) is 12.8. The molecule has 1 aromatic heterocycles. The molecule has 0 aliphatic carbocycles. The minimum atomic E-state index is 0.672. The van der Waals surface area contributed by atoms with E-state index >= 15 is 0 Å². The molecule has 0 aliphatic rings. The minimum absolute atomic E-state index is 0.672. The molecule has 0 atom stereocenters. The van der Waals surface area contributed by atoms with Crippen LogP contribution in [-0.2, 0) is 12.8 Å². The summed E-state index contributed by atoms with van der Waals surface area (Å²) in [6.45, 7) is 7.07. The van der Waals surface area contributed by atoms with E-state index < -0.39 is 0 Å². The zero-order chi connectivity index (χ0) is 13.1. The summed E-state index contributed by atoms with van der Waals surface area (Å²) in [5.74, 6) is 0. The molecule has 1 aromatic carbocycles. The van der Waals surface area contributed by atoms with Gasteiger partial charge < -0.3 is 5.73 Å². The summed E-state index contributed by atoms with van der Waals surface area (Å²) in [6, 6.07) is 6.52. The second-order valence-electron chi connectivity index (χ2n) is 4.77. The van der Waals surface area contributed by atoms with Gasteiger partial charge in [0.15, 0.2) is 0 Å². The number of benzene rings is 1. The third kappa shape index (κ3) is 2.46. The Balaban J connectivity index is 2.49. The van der Waals surface area contributed by atoms with Crippen LogP contribution in [0.2, 0.25) is 0 Å². The van der Waals surface area contributed by atoms with E-state index in [1.54, 1.807) is 0 Å². The van der Waals surface area contributed by atoms with Gasteiger partial charge in [-0.15, -0.1) is 0 Å². The molecule has 0 saturated heterocycles. The van der Waals surface area contributed by atoms with Crippen molar-refractivity contribution in [2.45, 2.75) is 33.6 Å². The van der Waals surface area contributed by atoms with Gasteiger partial charge in [-0.2, -0.15) is 5.10 Å². The highest BCUT2D eigenvalue weighted by Crippen LogP contribution is 2.18. The fourth-order valence-electron chi connectivity index (χ4n) is 2.44. The predicted molar refractivity (Wildman–Crippen MR) is 75.2 cm³/mol. The second kappa shape index (κ2) is 5.36. The zero-order valence-electron chi connectivity index (χ0n) is 11.4. The molecule has 0 radical (unpaired) electrons. The van der Waals surface area contributed by atoms with Crippen molar-refractivity contribution in [3.05, 3.63) is 46.8 Å². The fourth-order valence-corrected chi connectivity index (χ4v) is 2.44. The van der Waals surface area contributed by atoms with Crippen LogP contribution in [0, 0.1) is 13.8 Å². The van der Waals surface area contributed by atoms with Crippen LogP contribution in [0.5, 0.6) is 0 Å². The average molecular weight is 243 g/mol. The first-order valence-corrected chi connectivity index (χ1v) is 6.50. The van der Waals surface area contributed by atoms with Crippen molar-refractivity contribution in [3.63, 3.8) is 0 Å². The van der Waals surface area contributed by atoms with E-state index in [4.69, 9.17) is 5.73 Å². The molecule has 0 unspecified atom stereocenters. The van der Waals surface area contributed by atoms with Crippen LogP contribution in [-0.4, -0.2) is 16.3 Å². The molecule has 0 fully saturated rings. The number of nitrogens with zero attached hydrogens (tertiary/aromatic N) is 2. The molecule has 0 amide bonds. The zero-order valence-corrected chi connectivity index (χ0v) is 11.4. The SMILES string of the molecule is CCc1c(CCN)cnn1-c1cc(C)cc(C)c1. The lowest BCUT2D eigenvalue weighted by Gasteiger charge is -2.09. The molecule has 1 heterocycles. The Bertz CT molecular complexity index is 520.